The normalized spacial score (nSPS) is 18.2. The highest BCUT2D eigenvalue weighted by atomic mass is 16.5. The topological polar surface area (TPSA) is 64.9 Å². The van der Waals surface area contributed by atoms with Gasteiger partial charge in [0.1, 0.15) is 6.61 Å². The summed E-state index contributed by atoms with van der Waals surface area (Å²) in [5.74, 6) is 1.83. The van der Waals surface area contributed by atoms with Crippen LogP contribution in [0.3, 0.4) is 0 Å². The Morgan fingerprint density at radius 2 is 2.35 bits per heavy atom. The zero-order valence-corrected chi connectivity index (χ0v) is 11.8. The maximum atomic E-state index is 5.64. The van der Waals surface area contributed by atoms with Gasteiger partial charge in [-0.1, -0.05) is 6.07 Å². The van der Waals surface area contributed by atoms with Gasteiger partial charge in [-0.3, -0.25) is 4.98 Å². The lowest BCUT2D eigenvalue weighted by atomic mass is 10.1. The first-order valence-electron chi connectivity index (χ1n) is 6.92. The van der Waals surface area contributed by atoms with Crippen LogP contribution in [0.1, 0.15) is 37.1 Å². The Kier molecular flexibility index (Phi) is 3.75. The second-order valence-corrected chi connectivity index (χ2v) is 5.16. The molecule has 3 heterocycles. The molecule has 0 bridgehead atoms. The first-order valence-corrected chi connectivity index (χ1v) is 6.92. The van der Waals surface area contributed by atoms with Crippen LogP contribution in [0.25, 0.3) is 0 Å². The fourth-order valence-electron chi connectivity index (χ4n) is 2.38. The van der Waals surface area contributed by atoms with Gasteiger partial charge in [0.05, 0.1) is 12.1 Å². The van der Waals surface area contributed by atoms with E-state index in [2.05, 4.69) is 31.1 Å². The van der Waals surface area contributed by atoms with Crippen LogP contribution in [0.15, 0.2) is 24.5 Å². The van der Waals surface area contributed by atoms with Crippen molar-refractivity contribution in [2.45, 2.75) is 39.1 Å². The van der Waals surface area contributed by atoms with Gasteiger partial charge < -0.3 is 14.6 Å². The third kappa shape index (κ3) is 2.57. The minimum absolute atomic E-state index is 0.0535. The number of ether oxygens (including phenoxy) is 1. The number of pyridine rings is 1. The molecule has 0 amide bonds. The van der Waals surface area contributed by atoms with Gasteiger partial charge in [0.25, 0.3) is 0 Å². The Morgan fingerprint density at radius 3 is 3.10 bits per heavy atom. The van der Waals surface area contributed by atoms with E-state index < -0.39 is 0 Å². The lowest BCUT2D eigenvalue weighted by molar-refractivity contribution is 0.0589. The first-order chi connectivity index (χ1) is 9.75. The third-order valence-electron chi connectivity index (χ3n) is 3.36. The van der Waals surface area contributed by atoms with Crippen molar-refractivity contribution in [2.24, 2.45) is 0 Å². The lowest BCUT2D eigenvalue weighted by Crippen LogP contribution is -2.35. The lowest BCUT2D eigenvalue weighted by Gasteiger charge is -2.25. The fourth-order valence-corrected chi connectivity index (χ4v) is 2.38. The molecule has 0 saturated heterocycles. The molecule has 1 atom stereocenters. The van der Waals surface area contributed by atoms with Crippen LogP contribution < -0.4 is 5.32 Å². The second-order valence-electron chi connectivity index (χ2n) is 5.16. The summed E-state index contributed by atoms with van der Waals surface area (Å²) in [7, 11) is 0. The summed E-state index contributed by atoms with van der Waals surface area (Å²) < 4.78 is 7.79. The Balaban J connectivity index is 1.87. The highest BCUT2D eigenvalue weighted by Gasteiger charge is 2.26. The number of hydrogen-bond donors (Lipinski definition) is 1. The van der Waals surface area contributed by atoms with Gasteiger partial charge in [-0.2, -0.15) is 0 Å². The number of nitrogens with one attached hydrogen (secondary N) is 1. The summed E-state index contributed by atoms with van der Waals surface area (Å²) in [6, 6.07) is 4.05. The zero-order valence-electron chi connectivity index (χ0n) is 11.8. The number of fused-ring (bicyclic) bond motifs is 1. The molecule has 0 spiro atoms. The molecule has 2 aromatic rings. The van der Waals surface area contributed by atoms with Gasteiger partial charge in [0.15, 0.2) is 11.6 Å². The monoisotopic (exact) mass is 273 g/mol. The molecule has 6 nitrogen and oxygen atoms in total. The van der Waals surface area contributed by atoms with Crippen molar-refractivity contribution < 1.29 is 4.74 Å². The molecule has 0 saturated carbocycles. The predicted octanol–water partition coefficient (Wildman–Crippen LogP) is 1.29. The van der Waals surface area contributed by atoms with Crippen molar-refractivity contribution in [1.82, 2.24) is 25.1 Å². The number of aromatic nitrogens is 4. The molecule has 1 aliphatic rings. The van der Waals surface area contributed by atoms with Crippen LogP contribution in [0.5, 0.6) is 0 Å². The molecule has 0 aliphatic carbocycles. The van der Waals surface area contributed by atoms with E-state index >= 15 is 0 Å². The average Bonchev–Trinajstić information content (AvgIpc) is 2.89. The standard InChI is InChI=1S/C14H19N5O/c1-10(2)20-9-12-17-18-14-13(16-6-7-19(12)14)11-4-3-5-15-8-11/h3-5,8,10,13,16H,6-7,9H2,1-2H3. The molecule has 6 heteroatoms. The van der Waals surface area contributed by atoms with Gasteiger partial charge in [-0.25, -0.2) is 0 Å². The summed E-state index contributed by atoms with van der Waals surface area (Å²) in [6.07, 6.45) is 3.84. The smallest absolute Gasteiger partial charge is 0.159 e. The molecule has 1 unspecified atom stereocenters. The van der Waals surface area contributed by atoms with Crippen LogP contribution in [-0.2, 0) is 17.9 Å². The second kappa shape index (κ2) is 5.68. The molecule has 0 fully saturated rings. The van der Waals surface area contributed by atoms with E-state index in [9.17, 15) is 0 Å². The van der Waals surface area contributed by atoms with Crippen LogP contribution in [-0.4, -0.2) is 32.4 Å². The SMILES string of the molecule is CC(C)OCc1nnc2n1CCNC2c1cccnc1. The van der Waals surface area contributed by atoms with Crippen molar-refractivity contribution in [2.75, 3.05) is 6.54 Å². The molecule has 0 aromatic carbocycles. The van der Waals surface area contributed by atoms with E-state index in [1.165, 1.54) is 0 Å². The van der Waals surface area contributed by atoms with E-state index in [-0.39, 0.29) is 12.1 Å². The van der Waals surface area contributed by atoms with Crippen LogP contribution in [0.2, 0.25) is 0 Å². The molecular weight excluding hydrogens is 254 g/mol. The largest absolute Gasteiger partial charge is 0.371 e. The van der Waals surface area contributed by atoms with Crippen molar-refractivity contribution in [3.05, 3.63) is 41.7 Å². The Hall–Kier alpha value is -1.79. The molecule has 1 aliphatic heterocycles. The van der Waals surface area contributed by atoms with Gasteiger partial charge in [0, 0.05) is 25.5 Å². The zero-order chi connectivity index (χ0) is 13.9. The Bertz CT molecular complexity index is 566. The van der Waals surface area contributed by atoms with E-state index in [0.29, 0.717) is 6.61 Å². The number of hydrogen-bond acceptors (Lipinski definition) is 5. The maximum Gasteiger partial charge on any atom is 0.159 e. The number of rotatable bonds is 4. The molecule has 2 aromatic heterocycles. The van der Waals surface area contributed by atoms with E-state index in [4.69, 9.17) is 4.74 Å². The first kappa shape index (κ1) is 13.2. The molecule has 20 heavy (non-hydrogen) atoms. The van der Waals surface area contributed by atoms with Crippen LogP contribution >= 0.6 is 0 Å². The van der Waals surface area contributed by atoms with Crippen LogP contribution in [0, 0.1) is 0 Å². The van der Waals surface area contributed by atoms with Gasteiger partial charge in [-0.15, -0.1) is 10.2 Å². The highest BCUT2D eigenvalue weighted by molar-refractivity contribution is 5.23. The van der Waals surface area contributed by atoms with Gasteiger partial charge >= 0.3 is 0 Å². The van der Waals surface area contributed by atoms with Crippen molar-refractivity contribution in [1.29, 1.82) is 0 Å². The molecular formula is C14H19N5O. The minimum atomic E-state index is 0.0535. The predicted molar refractivity (Wildman–Crippen MR) is 74.0 cm³/mol. The average molecular weight is 273 g/mol. The summed E-state index contributed by atoms with van der Waals surface area (Å²) in [4.78, 5) is 4.18. The fraction of sp³-hybridized carbons (Fsp3) is 0.500. The molecule has 106 valence electrons. The third-order valence-corrected chi connectivity index (χ3v) is 3.36. The summed E-state index contributed by atoms with van der Waals surface area (Å²) >= 11 is 0. The van der Waals surface area contributed by atoms with Gasteiger partial charge in [0.2, 0.25) is 0 Å². The number of nitrogens with zero attached hydrogens (tertiary/aromatic N) is 4. The summed E-state index contributed by atoms with van der Waals surface area (Å²) in [6.45, 7) is 6.31. The minimum Gasteiger partial charge on any atom is -0.371 e. The van der Waals surface area contributed by atoms with E-state index in [0.717, 1.165) is 30.3 Å². The van der Waals surface area contributed by atoms with Crippen molar-refractivity contribution in [3.63, 3.8) is 0 Å². The molecule has 0 radical (unpaired) electrons. The van der Waals surface area contributed by atoms with E-state index in [1.54, 1.807) is 6.20 Å². The van der Waals surface area contributed by atoms with Crippen LogP contribution in [0.4, 0.5) is 0 Å². The molecule has 1 N–H and O–H groups in total. The van der Waals surface area contributed by atoms with Gasteiger partial charge in [-0.05, 0) is 25.5 Å². The summed E-state index contributed by atoms with van der Waals surface area (Å²) in [5, 5.41) is 12.1. The van der Waals surface area contributed by atoms with Crippen molar-refractivity contribution in [3.8, 4) is 0 Å². The Labute approximate surface area is 118 Å². The molecule has 3 rings (SSSR count). The van der Waals surface area contributed by atoms with Crippen molar-refractivity contribution >= 4 is 0 Å². The Morgan fingerprint density at radius 1 is 1.45 bits per heavy atom. The summed E-state index contributed by atoms with van der Waals surface area (Å²) in [5.41, 5.74) is 1.11. The maximum absolute atomic E-state index is 5.64. The van der Waals surface area contributed by atoms with E-state index in [1.807, 2.05) is 26.1 Å². The highest BCUT2D eigenvalue weighted by Crippen LogP contribution is 2.23. The quantitative estimate of drug-likeness (QED) is 0.909.